The number of methoxy groups -OCH3 is 1. The average molecular weight is 340 g/mol. The topological polar surface area (TPSA) is 57.7 Å². The number of rotatable bonds is 4. The fourth-order valence-electron chi connectivity index (χ4n) is 3.18. The molecule has 3 rings (SSSR count). The number of anilines is 1. The van der Waals surface area contributed by atoms with E-state index in [2.05, 4.69) is 46.5 Å². The van der Waals surface area contributed by atoms with Crippen LogP contribution in [-0.2, 0) is 13.0 Å². The Hall–Kier alpha value is -2.60. The number of nitrogens with zero attached hydrogens (tertiary/aromatic N) is 3. The number of amides is 2. The van der Waals surface area contributed by atoms with E-state index in [1.54, 1.807) is 23.2 Å². The molecule has 2 aromatic rings. The van der Waals surface area contributed by atoms with Crippen LogP contribution in [0.5, 0.6) is 5.88 Å². The number of hydrogen-bond donors (Lipinski definition) is 1. The predicted molar refractivity (Wildman–Crippen MR) is 97.8 cm³/mol. The van der Waals surface area contributed by atoms with Crippen molar-refractivity contribution >= 4 is 11.7 Å². The van der Waals surface area contributed by atoms with Gasteiger partial charge in [0.15, 0.2) is 0 Å². The largest absolute Gasteiger partial charge is 0.480 e. The zero-order valence-corrected chi connectivity index (χ0v) is 14.9. The molecule has 0 spiro atoms. The Morgan fingerprint density at radius 2 is 2.08 bits per heavy atom. The van der Waals surface area contributed by atoms with E-state index in [9.17, 15) is 4.79 Å². The number of urea groups is 1. The average Bonchev–Trinajstić information content (AvgIpc) is 2.62. The number of carbonyl (C=O) groups is 1. The minimum atomic E-state index is -0.168. The van der Waals surface area contributed by atoms with Crippen molar-refractivity contribution in [3.8, 4) is 5.88 Å². The van der Waals surface area contributed by atoms with Gasteiger partial charge in [0.2, 0.25) is 5.88 Å². The van der Waals surface area contributed by atoms with E-state index >= 15 is 0 Å². The lowest BCUT2D eigenvalue weighted by Gasteiger charge is -2.36. The molecule has 0 aliphatic carbocycles. The smallest absolute Gasteiger partial charge is 0.321 e. The van der Waals surface area contributed by atoms with E-state index in [1.807, 2.05) is 7.05 Å². The third-order valence-corrected chi connectivity index (χ3v) is 4.65. The lowest BCUT2D eigenvalue weighted by molar-refractivity contribution is 0.166. The lowest BCUT2D eigenvalue weighted by Crippen LogP contribution is -2.47. The first-order chi connectivity index (χ1) is 12.1. The van der Waals surface area contributed by atoms with Crippen LogP contribution in [0.1, 0.15) is 11.1 Å². The second-order valence-corrected chi connectivity index (χ2v) is 6.41. The van der Waals surface area contributed by atoms with Crippen LogP contribution in [0, 0.1) is 0 Å². The van der Waals surface area contributed by atoms with Gasteiger partial charge in [0, 0.05) is 32.4 Å². The summed E-state index contributed by atoms with van der Waals surface area (Å²) < 4.78 is 5.18. The van der Waals surface area contributed by atoms with Crippen LogP contribution in [0.2, 0.25) is 0 Å². The van der Waals surface area contributed by atoms with Gasteiger partial charge in [0.05, 0.1) is 7.11 Å². The Bertz CT molecular complexity index is 750. The van der Waals surface area contributed by atoms with Crippen molar-refractivity contribution in [3.63, 3.8) is 0 Å². The molecule has 0 saturated heterocycles. The van der Waals surface area contributed by atoms with E-state index in [1.165, 1.54) is 18.2 Å². The number of pyridine rings is 1. The molecule has 1 N–H and O–H groups in total. The Morgan fingerprint density at radius 1 is 1.32 bits per heavy atom. The molecule has 25 heavy (non-hydrogen) atoms. The number of benzene rings is 1. The van der Waals surface area contributed by atoms with E-state index in [0.29, 0.717) is 24.2 Å². The van der Waals surface area contributed by atoms with E-state index in [0.717, 1.165) is 13.0 Å². The Labute approximate surface area is 148 Å². The summed E-state index contributed by atoms with van der Waals surface area (Å²) in [6.45, 7) is 1.56. The Kier molecular flexibility index (Phi) is 5.19. The number of nitrogens with one attached hydrogen (secondary N) is 1. The molecular weight excluding hydrogens is 316 g/mol. The van der Waals surface area contributed by atoms with Crippen LogP contribution in [0.3, 0.4) is 0 Å². The van der Waals surface area contributed by atoms with Crippen molar-refractivity contribution in [2.75, 3.05) is 33.1 Å². The van der Waals surface area contributed by atoms with Gasteiger partial charge in [-0.3, -0.25) is 4.90 Å². The maximum absolute atomic E-state index is 12.5. The molecule has 1 aliphatic heterocycles. The fourth-order valence-corrected chi connectivity index (χ4v) is 3.18. The predicted octanol–water partition coefficient (Wildman–Crippen LogP) is 2.61. The molecule has 1 aliphatic rings. The minimum absolute atomic E-state index is 0.168. The molecule has 6 nitrogen and oxygen atoms in total. The second kappa shape index (κ2) is 7.53. The van der Waals surface area contributed by atoms with Gasteiger partial charge in [-0.15, -0.1) is 0 Å². The molecule has 0 saturated carbocycles. The van der Waals surface area contributed by atoms with E-state index in [-0.39, 0.29) is 6.03 Å². The quantitative estimate of drug-likeness (QED) is 0.929. The molecular formula is C19H24N4O2. The molecule has 1 aromatic carbocycles. The van der Waals surface area contributed by atoms with Crippen LogP contribution in [-0.4, -0.2) is 54.6 Å². The first-order valence-electron chi connectivity index (χ1n) is 8.36. The van der Waals surface area contributed by atoms with Gasteiger partial charge in [-0.05, 0) is 36.7 Å². The molecule has 0 fully saturated rings. The van der Waals surface area contributed by atoms with Crippen LogP contribution >= 0.6 is 0 Å². The normalized spacial score (nSPS) is 16.8. The van der Waals surface area contributed by atoms with E-state index < -0.39 is 0 Å². The van der Waals surface area contributed by atoms with Gasteiger partial charge in [0.1, 0.15) is 5.69 Å². The highest BCUT2D eigenvalue weighted by Gasteiger charge is 2.25. The summed E-state index contributed by atoms with van der Waals surface area (Å²) >= 11 is 0. The van der Waals surface area contributed by atoms with Crippen LogP contribution in [0.4, 0.5) is 10.5 Å². The van der Waals surface area contributed by atoms with Crippen molar-refractivity contribution in [1.82, 2.24) is 14.8 Å². The molecule has 0 unspecified atom stereocenters. The number of aromatic nitrogens is 1. The Morgan fingerprint density at radius 3 is 2.84 bits per heavy atom. The molecule has 0 bridgehead atoms. The minimum Gasteiger partial charge on any atom is -0.480 e. The summed E-state index contributed by atoms with van der Waals surface area (Å²) in [6, 6.07) is 12.2. The van der Waals surface area contributed by atoms with Crippen molar-refractivity contribution in [1.29, 1.82) is 0 Å². The molecule has 1 aromatic heterocycles. The summed E-state index contributed by atoms with van der Waals surface area (Å²) in [5.74, 6) is 0.410. The number of hydrogen-bond acceptors (Lipinski definition) is 4. The third-order valence-electron chi connectivity index (χ3n) is 4.65. The number of ether oxygens (including phenoxy) is 1. The highest BCUT2D eigenvalue weighted by molar-refractivity contribution is 5.90. The van der Waals surface area contributed by atoms with Crippen molar-refractivity contribution < 1.29 is 9.53 Å². The van der Waals surface area contributed by atoms with Gasteiger partial charge < -0.3 is 15.0 Å². The first-order valence-corrected chi connectivity index (χ1v) is 8.36. The van der Waals surface area contributed by atoms with Crippen molar-refractivity contribution in [2.45, 2.75) is 19.0 Å². The fraction of sp³-hybridized carbons (Fsp3) is 0.368. The van der Waals surface area contributed by atoms with Crippen molar-refractivity contribution in [3.05, 3.63) is 53.7 Å². The second-order valence-electron chi connectivity index (χ2n) is 6.41. The lowest BCUT2D eigenvalue weighted by atomic mass is 9.94. The first kappa shape index (κ1) is 17.2. The molecule has 6 heteroatoms. The summed E-state index contributed by atoms with van der Waals surface area (Å²) in [4.78, 5) is 20.6. The van der Waals surface area contributed by atoms with Gasteiger partial charge in [-0.2, -0.15) is 0 Å². The standard InChI is InChI=1S/C19H24N4O2/c1-22-12-15-8-5-4-7-14(15)11-16(22)13-23(2)19(24)21-17-9-6-10-20-18(17)25-3/h4-10,16H,11-13H2,1-3H3,(H,21,24)/t16-/m1/s1. The van der Waals surface area contributed by atoms with Gasteiger partial charge in [0.25, 0.3) is 0 Å². The molecule has 0 radical (unpaired) electrons. The summed E-state index contributed by atoms with van der Waals surface area (Å²) in [5, 5.41) is 2.87. The summed E-state index contributed by atoms with van der Waals surface area (Å²) in [5.41, 5.74) is 3.31. The molecule has 2 amide bonds. The number of fused-ring (bicyclic) bond motifs is 1. The SMILES string of the molecule is COc1ncccc1NC(=O)N(C)C[C@H]1Cc2ccccc2CN1C. The molecule has 132 valence electrons. The van der Waals surface area contributed by atoms with Gasteiger partial charge in [-0.1, -0.05) is 24.3 Å². The van der Waals surface area contributed by atoms with Crippen LogP contribution in [0.25, 0.3) is 0 Å². The molecule has 2 heterocycles. The maximum Gasteiger partial charge on any atom is 0.321 e. The monoisotopic (exact) mass is 340 g/mol. The third kappa shape index (κ3) is 3.91. The van der Waals surface area contributed by atoms with Gasteiger partial charge >= 0.3 is 6.03 Å². The van der Waals surface area contributed by atoms with Crippen LogP contribution < -0.4 is 10.1 Å². The van der Waals surface area contributed by atoms with Crippen LogP contribution in [0.15, 0.2) is 42.6 Å². The summed E-state index contributed by atoms with van der Waals surface area (Å²) in [7, 11) is 5.46. The van der Waals surface area contributed by atoms with Gasteiger partial charge in [-0.25, -0.2) is 9.78 Å². The number of carbonyl (C=O) groups excluding carboxylic acids is 1. The maximum atomic E-state index is 12.5. The zero-order valence-electron chi connectivity index (χ0n) is 14.9. The Balaban J connectivity index is 1.64. The zero-order chi connectivity index (χ0) is 17.8. The summed E-state index contributed by atoms with van der Waals surface area (Å²) in [6.07, 6.45) is 2.58. The van der Waals surface area contributed by atoms with Crippen molar-refractivity contribution in [2.24, 2.45) is 0 Å². The highest BCUT2D eigenvalue weighted by Crippen LogP contribution is 2.23. The number of likely N-dealkylation sites (N-methyl/N-ethyl adjacent to an activating group) is 2. The van der Waals surface area contributed by atoms with E-state index in [4.69, 9.17) is 4.74 Å². The molecule has 1 atom stereocenters. The highest BCUT2D eigenvalue weighted by atomic mass is 16.5.